The lowest BCUT2D eigenvalue weighted by molar-refractivity contribution is 0.248. The Bertz CT molecular complexity index is 188. The second-order valence-electron chi connectivity index (χ2n) is 4.42. The molecule has 2 rings (SSSR count). The first-order valence-corrected chi connectivity index (χ1v) is 6.45. The van der Waals surface area contributed by atoms with Crippen LogP contribution in [0.5, 0.6) is 0 Å². The maximum absolute atomic E-state index is 5.78. The van der Waals surface area contributed by atoms with Crippen LogP contribution in [-0.4, -0.2) is 15.9 Å². The lowest BCUT2D eigenvalue weighted by atomic mass is 10.1. The van der Waals surface area contributed by atoms with E-state index in [9.17, 15) is 0 Å². The highest BCUT2D eigenvalue weighted by atomic mass is 28.2. The predicted molar refractivity (Wildman–Crippen MR) is 53.9 cm³/mol. The van der Waals surface area contributed by atoms with E-state index in [1.54, 1.807) is 0 Å². The summed E-state index contributed by atoms with van der Waals surface area (Å²) >= 11 is 0. The van der Waals surface area contributed by atoms with Crippen molar-refractivity contribution >= 4 is 9.76 Å². The van der Waals surface area contributed by atoms with Crippen LogP contribution in [0.1, 0.15) is 26.7 Å². The van der Waals surface area contributed by atoms with Crippen molar-refractivity contribution in [3.05, 3.63) is 12.2 Å². The monoisotopic (exact) mass is 182 g/mol. The van der Waals surface area contributed by atoms with Gasteiger partial charge in [0.1, 0.15) is 0 Å². The van der Waals surface area contributed by atoms with Crippen molar-refractivity contribution in [3.63, 3.8) is 0 Å². The van der Waals surface area contributed by atoms with Crippen LogP contribution in [0.4, 0.5) is 0 Å². The summed E-state index contributed by atoms with van der Waals surface area (Å²) in [6.45, 7) is 4.30. The lowest BCUT2D eigenvalue weighted by Crippen LogP contribution is -2.16. The molecular weight excluding hydrogens is 164 g/mol. The first-order valence-electron chi connectivity index (χ1n) is 5.05. The van der Waals surface area contributed by atoms with Crippen molar-refractivity contribution in [2.75, 3.05) is 0 Å². The van der Waals surface area contributed by atoms with Crippen molar-refractivity contribution in [3.8, 4) is 0 Å². The molecule has 12 heavy (non-hydrogen) atoms. The van der Waals surface area contributed by atoms with Crippen molar-refractivity contribution < 1.29 is 4.43 Å². The number of hydrogen-bond acceptors (Lipinski definition) is 1. The zero-order valence-electron chi connectivity index (χ0n) is 7.99. The molecule has 0 aromatic heterocycles. The fourth-order valence-corrected chi connectivity index (χ4v) is 4.20. The molecule has 2 aliphatic rings. The minimum Gasteiger partial charge on any atom is -0.421 e. The van der Waals surface area contributed by atoms with E-state index in [0.29, 0.717) is 6.10 Å². The fraction of sp³-hybridized carbons (Fsp3) is 0.800. The van der Waals surface area contributed by atoms with E-state index in [0.717, 1.165) is 17.4 Å². The summed E-state index contributed by atoms with van der Waals surface area (Å²) < 4.78 is 5.78. The second kappa shape index (κ2) is 3.34. The SMILES string of the molecule is CC(C)O[SiH2]C1CC2C=CC1C2. The third-order valence-corrected chi connectivity index (χ3v) is 5.29. The Hall–Kier alpha value is -0.0831. The van der Waals surface area contributed by atoms with Crippen LogP contribution in [-0.2, 0) is 4.43 Å². The van der Waals surface area contributed by atoms with E-state index in [1.165, 1.54) is 12.8 Å². The third kappa shape index (κ3) is 1.64. The quantitative estimate of drug-likeness (QED) is 0.478. The predicted octanol–water partition coefficient (Wildman–Crippen LogP) is 1.88. The molecule has 0 heterocycles. The van der Waals surface area contributed by atoms with Crippen LogP contribution in [0.15, 0.2) is 12.2 Å². The van der Waals surface area contributed by atoms with E-state index in [4.69, 9.17) is 4.43 Å². The number of fused-ring (bicyclic) bond motifs is 2. The van der Waals surface area contributed by atoms with Crippen LogP contribution in [0, 0.1) is 11.8 Å². The first-order chi connectivity index (χ1) is 5.75. The van der Waals surface area contributed by atoms with Crippen LogP contribution in [0.25, 0.3) is 0 Å². The average molecular weight is 182 g/mol. The van der Waals surface area contributed by atoms with Gasteiger partial charge < -0.3 is 4.43 Å². The van der Waals surface area contributed by atoms with E-state index in [-0.39, 0.29) is 9.76 Å². The zero-order chi connectivity index (χ0) is 8.55. The Kier molecular flexibility index (Phi) is 2.37. The fourth-order valence-electron chi connectivity index (χ4n) is 2.40. The summed E-state index contributed by atoms with van der Waals surface area (Å²) in [5.41, 5.74) is 0.961. The van der Waals surface area contributed by atoms with Gasteiger partial charge in [-0.1, -0.05) is 12.2 Å². The molecule has 0 saturated heterocycles. The smallest absolute Gasteiger partial charge is 0.165 e. The van der Waals surface area contributed by atoms with Gasteiger partial charge >= 0.3 is 0 Å². The average Bonchev–Trinajstić information content (AvgIpc) is 2.60. The second-order valence-corrected chi connectivity index (χ2v) is 6.14. The Morgan fingerprint density at radius 2 is 2.17 bits per heavy atom. The van der Waals surface area contributed by atoms with Gasteiger partial charge in [0, 0.05) is 6.10 Å². The van der Waals surface area contributed by atoms with Gasteiger partial charge in [-0.25, -0.2) is 0 Å². The molecule has 2 aliphatic carbocycles. The van der Waals surface area contributed by atoms with Gasteiger partial charge in [-0.3, -0.25) is 0 Å². The van der Waals surface area contributed by atoms with Crippen molar-refractivity contribution in [1.82, 2.24) is 0 Å². The van der Waals surface area contributed by atoms with Crippen LogP contribution in [0.3, 0.4) is 0 Å². The van der Waals surface area contributed by atoms with Gasteiger partial charge in [-0.2, -0.15) is 0 Å². The highest BCUT2D eigenvalue weighted by molar-refractivity contribution is 6.30. The summed E-state index contributed by atoms with van der Waals surface area (Å²) in [6, 6.07) is 0. The highest BCUT2D eigenvalue weighted by Crippen LogP contribution is 2.46. The summed E-state index contributed by atoms with van der Waals surface area (Å²) in [5, 5.41) is 0. The van der Waals surface area contributed by atoms with Gasteiger partial charge in [0.15, 0.2) is 9.76 Å². The molecule has 0 spiro atoms. The molecule has 1 fully saturated rings. The topological polar surface area (TPSA) is 9.23 Å². The number of hydrogen-bond donors (Lipinski definition) is 0. The van der Waals surface area contributed by atoms with Crippen molar-refractivity contribution in [1.29, 1.82) is 0 Å². The van der Waals surface area contributed by atoms with Crippen LogP contribution >= 0.6 is 0 Å². The van der Waals surface area contributed by atoms with E-state index in [2.05, 4.69) is 26.0 Å². The molecule has 2 bridgehead atoms. The van der Waals surface area contributed by atoms with Gasteiger partial charge in [0.2, 0.25) is 0 Å². The van der Waals surface area contributed by atoms with Gasteiger partial charge in [-0.05, 0) is 44.1 Å². The van der Waals surface area contributed by atoms with Crippen LogP contribution in [0.2, 0.25) is 5.54 Å². The number of rotatable bonds is 3. The minimum absolute atomic E-state index is 0.239. The summed E-state index contributed by atoms with van der Waals surface area (Å²) in [6.07, 6.45) is 8.15. The van der Waals surface area contributed by atoms with E-state index in [1.807, 2.05) is 0 Å². The Labute approximate surface area is 77.1 Å². The molecule has 0 amide bonds. The Balaban J connectivity index is 1.80. The summed E-state index contributed by atoms with van der Waals surface area (Å²) in [7, 11) is -0.239. The lowest BCUT2D eigenvalue weighted by Gasteiger charge is -2.18. The molecule has 2 heteroatoms. The zero-order valence-corrected chi connectivity index (χ0v) is 9.41. The third-order valence-electron chi connectivity index (χ3n) is 3.06. The summed E-state index contributed by atoms with van der Waals surface area (Å²) in [5.74, 6) is 1.82. The van der Waals surface area contributed by atoms with Crippen molar-refractivity contribution in [2.24, 2.45) is 11.8 Å². The molecule has 1 saturated carbocycles. The number of allylic oxidation sites excluding steroid dienone is 2. The minimum atomic E-state index is -0.239. The van der Waals surface area contributed by atoms with E-state index < -0.39 is 0 Å². The normalized spacial score (nSPS) is 39.4. The standard InChI is InChI=1S/C10H18OSi/c1-7(2)11-12-10-6-8-3-4-9(10)5-8/h3-4,7-10H,5-6,12H2,1-2H3. The van der Waals surface area contributed by atoms with Gasteiger partial charge in [0.05, 0.1) is 0 Å². The molecular formula is C10H18OSi. The maximum Gasteiger partial charge on any atom is 0.165 e. The van der Waals surface area contributed by atoms with Crippen LogP contribution < -0.4 is 0 Å². The molecule has 68 valence electrons. The largest absolute Gasteiger partial charge is 0.421 e. The molecule has 0 radical (unpaired) electrons. The van der Waals surface area contributed by atoms with Gasteiger partial charge in [0.25, 0.3) is 0 Å². The molecule has 1 nitrogen and oxygen atoms in total. The molecule has 0 aromatic carbocycles. The highest BCUT2D eigenvalue weighted by Gasteiger charge is 2.35. The molecule has 0 N–H and O–H groups in total. The Morgan fingerprint density at radius 3 is 2.67 bits per heavy atom. The Morgan fingerprint density at radius 1 is 1.33 bits per heavy atom. The maximum atomic E-state index is 5.78. The summed E-state index contributed by atoms with van der Waals surface area (Å²) in [4.78, 5) is 0. The molecule has 0 aliphatic heterocycles. The molecule has 3 atom stereocenters. The molecule has 0 aromatic rings. The van der Waals surface area contributed by atoms with E-state index >= 15 is 0 Å². The molecule has 3 unspecified atom stereocenters. The van der Waals surface area contributed by atoms with Crippen molar-refractivity contribution in [2.45, 2.75) is 38.3 Å². The first kappa shape index (κ1) is 8.51. The van der Waals surface area contributed by atoms with Gasteiger partial charge in [-0.15, -0.1) is 0 Å².